The molecule has 0 aromatic carbocycles. The van der Waals surface area contributed by atoms with Gasteiger partial charge in [-0.15, -0.1) is 10.2 Å². The highest BCUT2D eigenvalue weighted by atomic mass is 16.3. The molecule has 3 atom stereocenters. The van der Waals surface area contributed by atoms with Gasteiger partial charge in [0.05, 0.1) is 12.1 Å². The third-order valence-electron chi connectivity index (χ3n) is 4.99. The number of nitrogens with zero attached hydrogens (tertiary/aromatic N) is 4. The minimum Gasteiger partial charge on any atom is -0.393 e. The first kappa shape index (κ1) is 17.7. The third-order valence-corrected chi connectivity index (χ3v) is 4.99. The lowest BCUT2D eigenvalue weighted by molar-refractivity contribution is 0.0728. The quantitative estimate of drug-likeness (QED) is 0.890. The molecule has 3 unspecified atom stereocenters. The first-order chi connectivity index (χ1) is 12.0. The molecule has 0 aliphatic carbocycles. The van der Waals surface area contributed by atoms with Crippen LogP contribution in [0.15, 0.2) is 24.4 Å². The summed E-state index contributed by atoms with van der Waals surface area (Å²) in [6, 6.07) is 5.42. The smallest absolute Gasteiger partial charge is 0.318 e. The van der Waals surface area contributed by atoms with E-state index in [1.54, 1.807) is 11.8 Å². The molecule has 2 aromatic heterocycles. The molecule has 2 amide bonds. The second-order valence-corrected chi connectivity index (χ2v) is 7.25. The fourth-order valence-electron chi connectivity index (χ4n) is 3.41. The predicted molar refractivity (Wildman–Crippen MR) is 95.1 cm³/mol. The second kappa shape index (κ2) is 7.39. The van der Waals surface area contributed by atoms with Gasteiger partial charge in [0, 0.05) is 25.2 Å². The van der Waals surface area contributed by atoms with Crippen molar-refractivity contribution in [2.75, 3.05) is 13.1 Å². The van der Waals surface area contributed by atoms with Crippen LogP contribution in [0.3, 0.4) is 0 Å². The van der Waals surface area contributed by atoms with E-state index in [9.17, 15) is 9.90 Å². The van der Waals surface area contributed by atoms with E-state index in [0.717, 1.165) is 30.9 Å². The summed E-state index contributed by atoms with van der Waals surface area (Å²) in [4.78, 5) is 14.6. The lowest BCUT2D eigenvalue weighted by Gasteiger charge is -2.35. The molecule has 3 rings (SSSR count). The molecular formula is C18H27N5O2. The molecule has 1 fully saturated rings. The zero-order valence-corrected chi connectivity index (χ0v) is 15.1. The van der Waals surface area contributed by atoms with E-state index in [1.807, 2.05) is 28.8 Å². The summed E-state index contributed by atoms with van der Waals surface area (Å²) >= 11 is 0. The SMILES string of the molecule is CC(C)C(NC(=O)N1CCCC(C(C)O)C1)c1nnc2ccccn12. The molecule has 7 heteroatoms. The van der Waals surface area contributed by atoms with Gasteiger partial charge in [0.2, 0.25) is 0 Å². The van der Waals surface area contributed by atoms with Crippen LogP contribution in [0.25, 0.3) is 5.65 Å². The fourth-order valence-corrected chi connectivity index (χ4v) is 3.41. The number of fused-ring (bicyclic) bond motifs is 1. The molecule has 0 spiro atoms. The van der Waals surface area contributed by atoms with E-state index in [0.29, 0.717) is 6.54 Å². The van der Waals surface area contributed by atoms with Crippen LogP contribution >= 0.6 is 0 Å². The van der Waals surface area contributed by atoms with Crippen molar-refractivity contribution in [2.24, 2.45) is 11.8 Å². The van der Waals surface area contributed by atoms with Crippen LogP contribution in [0.2, 0.25) is 0 Å². The van der Waals surface area contributed by atoms with Gasteiger partial charge in [0.15, 0.2) is 11.5 Å². The number of amides is 2. The fraction of sp³-hybridized carbons (Fsp3) is 0.611. The standard InChI is InChI=1S/C18H27N5O2/c1-12(2)16(17-21-20-15-8-4-5-10-23(15)17)19-18(25)22-9-6-7-14(11-22)13(3)24/h4-5,8,10,12-14,16,24H,6-7,9,11H2,1-3H3,(H,19,25). The Morgan fingerprint density at radius 1 is 1.32 bits per heavy atom. The zero-order chi connectivity index (χ0) is 18.0. The maximum absolute atomic E-state index is 12.8. The van der Waals surface area contributed by atoms with E-state index >= 15 is 0 Å². The number of likely N-dealkylation sites (tertiary alicyclic amines) is 1. The summed E-state index contributed by atoms with van der Waals surface area (Å²) in [5.41, 5.74) is 0.768. The summed E-state index contributed by atoms with van der Waals surface area (Å²) in [6.45, 7) is 7.23. The van der Waals surface area contributed by atoms with Crippen LogP contribution in [-0.4, -0.2) is 49.8 Å². The molecule has 2 N–H and O–H groups in total. The normalized spacial score (nSPS) is 20.7. The van der Waals surface area contributed by atoms with Gasteiger partial charge in [-0.25, -0.2) is 4.79 Å². The molecule has 25 heavy (non-hydrogen) atoms. The summed E-state index contributed by atoms with van der Waals surface area (Å²) in [6.07, 6.45) is 3.40. The summed E-state index contributed by atoms with van der Waals surface area (Å²) in [5.74, 6) is 1.06. The van der Waals surface area contributed by atoms with Gasteiger partial charge >= 0.3 is 6.03 Å². The van der Waals surface area contributed by atoms with Crippen molar-refractivity contribution in [3.63, 3.8) is 0 Å². The van der Waals surface area contributed by atoms with Crippen molar-refractivity contribution in [3.05, 3.63) is 30.2 Å². The van der Waals surface area contributed by atoms with Crippen LogP contribution in [0.4, 0.5) is 4.79 Å². The molecular weight excluding hydrogens is 318 g/mol. The lowest BCUT2D eigenvalue weighted by atomic mass is 9.93. The Morgan fingerprint density at radius 2 is 2.12 bits per heavy atom. The molecule has 7 nitrogen and oxygen atoms in total. The number of urea groups is 1. The van der Waals surface area contributed by atoms with Gasteiger partial charge < -0.3 is 15.3 Å². The van der Waals surface area contributed by atoms with Crippen molar-refractivity contribution >= 4 is 11.7 Å². The van der Waals surface area contributed by atoms with Crippen molar-refractivity contribution < 1.29 is 9.90 Å². The van der Waals surface area contributed by atoms with Gasteiger partial charge in [0.25, 0.3) is 0 Å². The van der Waals surface area contributed by atoms with Gasteiger partial charge in [-0.2, -0.15) is 0 Å². The highest BCUT2D eigenvalue weighted by molar-refractivity contribution is 5.74. The van der Waals surface area contributed by atoms with Gasteiger partial charge in [-0.1, -0.05) is 19.9 Å². The van der Waals surface area contributed by atoms with Crippen molar-refractivity contribution in [2.45, 2.75) is 45.8 Å². The van der Waals surface area contributed by atoms with Crippen LogP contribution in [0, 0.1) is 11.8 Å². The van der Waals surface area contributed by atoms with Crippen molar-refractivity contribution in [1.29, 1.82) is 0 Å². The number of carbonyl (C=O) groups excluding carboxylic acids is 1. The number of hydrogen-bond acceptors (Lipinski definition) is 4. The van der Waals surface area contributed by atoms with E-state index in [2.05, 4.69) is 29.4 Å². The number of carbonyl (C=O) groups is 1. The molecule has 1 saturated heterocycles. The van der Waals surface area contributed by atoms with Gasteiger partial charge in [0.1, 0.15) is 0 Å². The maximum atomic E-state index is 12.8. The zero-order valence-electron chi connectivity index (χ0n) is 15.1. The molecule has 3 heterocycles. The molecule has 0 saturated carbocycles. The van der Waals surface area contributed by atoms with Crippen molar-refractivity contribution in [3.8, 4) is 0 Å². The van der Waals surface area contributed by atoms with Gasteiger partial charge in [-0.3, -0.25) is 4.40 Å². The number of nitrogens with one attached hydrogen (secondary N) is 1. The summed E-state index contributed by atoms with van der Waals surface area (Å²) in [7, 11) is 0. The molecule has 136 valence electrons. The predicted octanol–water partition coefficient (Wildman–Crippen LogP) is 2.23. The number of aliphatic hydroxyl groups is 1. The Kier molecular flexibility index (Phi) is 5.22. The minimum absolute atomic E-state index is 0.100. The minimum atomic E-state index is -0.392. The third kappa shape index (κ3) is 3.76. The summed E-state index contributed by atoms with van der Waals surface area (Å²) < 4.78 is 1.92. The summed E-state index contributed by atoms with van der Waals surface area (Å²) in [5, 5.41) is 21.4. The number of rotatable bonds is 4. The van der Waals surface area contributed by atoms with Crippen molar-refractivity contribution in [1.82, 2.24) is 24.8 Å². The number of aliphatic hydroxyl groups excluding tert-OH is 1. The highest BCUT2D eigenvalue weighted by Crippen LogP contribution is 2.23. The Hall–Kier alpha value is -2.15. The number of aromatic nitrogens is 3. The second-order valence-electron chi connectivity index (χ2n) is 7.25. The van der Waals surface area contributed by atoms with E-state index in [1.165, 1.54) is 0 Å². The molecule has 0 radical (unpaired) electrons. The average Bonchev–Trinajstić information content (AvgIpc) is 3.03. The van der Waals surface area contributed by atoms with Gasteiger partial charge in [-0.05, 0) is 37.8 Å². The Morgan fingerprint density at radius 3 is 2.84 bits per heavy atom. The number of pyridine rings is 1. The van der Waals surface area contributed by atoms with Crippen LogP contribution in [-0.2, 0) is 0 Å². The average molecular weight is 345 g/mol. The molecule has 2 aromatic rings. The van der Waals surface area contributed by atoms with E-state index in [-0.39, 0.29) is 23.9 Å². The maximum Gasteiger partial charge on any atom is 0.318 e. The lowest BCUT2D eigenvalue weighted by Crippen LogP contribution is -2.49. The Labute approximate surface area is 148 Å². The first-order valence-corrected chi connectivity index (χ1v) is 9.00. The molecule has 1 aliphatic rings. The monoisotopic (exact) mass is 345 g/mol. The largest absolute Gasteiger partial charge is 0.393 e. The number of hydrogen-bond donors (Lipinski definition) is 2. The molecule has 0 bridgehead atoms. The first-order valence-electron chi connectivity index (χ1n) is 9.00. The van der Waals surface area contributed by atoms with E-state index in [4.69, 9.17) is 0 Å². The van der Waals surface area contributed by atoms with Crippen LogP contribution in [0.5, 0.6) is 0 Å². The molecule has 1 aliphatic heterocycles. The Bertz CT molecular complexity index is 727. The topological polar surface area (TPSA) is 82.8 Å². The Balaban J connectivity index is 1.77. The van der Waals surface area contributed by atoms with Crippen LogP contribution < -0.4 is 5.32 Å². The highest BCUT2D eigenvalue weighted by Gasteiger charge is 2.30. The van der Waals surface area contributed by atoms with E-state index < -0.39 is 6.10 Å². The number of piperidine rings is 1. The van der Waals surface area contributed by atoms with Crippen LogP contribution in [0.1, 0.15) is 45.5 Å².